The molecule has 5 nitrogen and oxygen atoms in total. The molecule has 1 saturated heterocycles. The first-order chi connectivity index (χ1) is 13.0. The number of sulfone groups is 1. The third-order valence-electron chi connectivity index (χ3n) is 5.45. The summed E-state index contributed by atoms with van der Waals surface area (Å²) in [5, 5.41) is 0. The lowest BCUT2D eigenvalue weighted by Crippen LogP contribution is -2.49. The second kappa shape index (κ2) is 8.09. The third kappa shape index (κ3) is 4.49. The highest BCUT2D eigenvalue weighted by molar-refractivity contribution is 8.01. The molecule has 1 aromatic carbocycles. The zero-order valence-corrected chi connectivity index (χ0v) is 17.6. The SMILES string of the molecule is O=C(CSc1nc2ccccc2s1)N(C1CCCCC1)C1CCS(=O)(=O)C1. The molecule has 0 N–H and O–H groups in total. The Labute approximate surface area is 168 Å². The van der Waals surface area contributed by atoms with E-state index in [2.05, 4.69) is 4.98 Å². The topological polar surface area (TPSA) is 67.3 Å². The highest BCUT2D eigenvalue weighted by atomic mass is 32.2. The van der Waals surface area contributed by atoms with Gasteiger partial charge < -0.3 is 4.90 Å². The van der Waals surface area contributed by atoms with E-state index in [-0.39, 0.29) is 29.5 Å². The predicted molar refractivity (Wildman–Crippen MR) is 111 cm³/mol. The minimum Gasteiger partial charge on any atom is -0.335 e. The maximum absolute atomic E-state index is 13.1. The Morgan fingerprint density at radius 2 is 1.93 bits per heavy atom. The van der Waals surface area contributed by atoms with Gasteiger partial charge in [-0.2, -0.15) is 0 Å². The van der Waals surface area contributed by atoms with Gasteiger partial charge in [-0.15, -0.1) is 11.3 Å². The molecule has 4 rings (SSSR count). The Morgan fingerprint density at radius 1 is 1.15 bits per heavy atom. The zero-order chi connectivity index (χ0) is 18.9. The van der Waals surface area contributed by atoms with E-state index in [9.17, 15) is 13.2 Å². The van der Waals surface area contributed by atoms with Crippen LogP contribution in [0.5, 0.6) is 0 Å². The normalized spacial score (nSPS) is 22.9. The van der Waals surface area contributed by atoms with Gasteiger partial charge in [-0.1, -0.05) is 43.2 Å². The van der Waals surface area contributed by atoms with Crippen molar-refractivity contribution in [2.75, 3.05) is 17.3 Å². The zero-order valence-electron chi connectivity index (χ0n) is 15.2. The number of nitrogens with zero attached hydrogens (tertiary/aromatic N) is 2. The summed E-state index contributed by atoms with van der Waals surface area (Å²) in [6.45, 7) is 0. The number of amides is 1. The number of fused-ring (bicyclic) bond motifs is 1. The highest BCUT2D eigenvalue weighted by Crippen LogP contribution is 2.32. The van der Waals surface area contributed by atoms with Crippen molar-refractivity contribution < 1.29 is 13.2 Å². The van der Waals surface area contributed by atoms with Crippen LogP contribution in [-0.4, -0.2) is 53.6 Å². The molecule has 146 valence electrons. The van der Waals surface area contributed by atoms with Crippen LogP contribution in [0.1, 0.15) is 38.5 Å². The van der Waals surface area contributed by atoms with Crippen LogP contribution in [0.3, 0.4) is 0 Å². The molecule has 2 fully saturated rings. The molecule has 8 heteroatoms. The monoisotopic (exact) mass is 424 g/mol. The van der Waals surface area contributed by atoms with Crippen molar-refractivity contribution in [1.29, 1.82) is 0 Å². The van der Waals surface area contributed by atoms with Gasteiger partial charge in [-0.05, 0) is 31.4 Å². The van der Waals surface area contributed by atoms with Crippen molar-refractivity contribution >= 4 is 49.1 Å². The Hall–Kier alpha value is -1.12. The van der Waals surface area contributed by atoms with E-state index in [1.807, 2.05) is 29.2 Å². The summed E-state index contributed by atoms with van der Waals surface area (Å²) in [5.41, 5.74) is 0.962. The molecular formula is C19H24N2O3S3. The number of para-hydroxylation sites is 1. The maximum Gasteiger partial charge on any atom is 0.233 e. The quantitative estimate of drug-likeness (QED) is 0.684. The molecule has 1 aromatic heterocycles. The Morgan fingerprint density at radius 3 is 2.63 bits per heavy atom. The number of aromatic nitrogens is 1. The van der Waals surface area contributed by atoms with E-state index in [1.165, 1.54) is 18.2 Å². The van der Waals surface area contributed by atoms with Crippen molar-refractivity contribution in [3.8, 4) is 0 Å². The number of thiazole rings is 1. The van der Waals surface area contributed by atoms with Gasteiger partial charge in [-0.3, -0.25) is 4.79 Å². The minimum absolute atomic E-state index is 0.0632. The first-order valence-electron chi connectivity index (χ1n) is 9.52. The first-order valence-corrected chi connectivity index (χ1v) is 13.1. The van der Waals surface area contributed by atoms with Crippen LogP contribution in [0.2, 0.25) is 0 Å². The van der Waals surface area contributed by atoms with Crippen LogP contribution in [-0.2, 0) is 14.6 Å². The first kappa shape index (κ1) is 19.2. The summed E-state index contributed by atoms with van der Waals surface area (Å²) in [7, 11) is -3.01. The van der Waals surface area contributed by atoms with Gasteiger partial charge in [-0.25, -0.2) is 13.4 Å². The van der Waals surface area contributed by atoms with Crippen molar-refractivity contribution in [3.05, 3.63) is 24.3 Å². The molecule has 1 saturated carbocycles. The summed E-state index contributed by atoms with van der Waals surface area (Å²) in [6.07, 6.45) is 6.03. The molecule has 2 heterocycles. The summed E-state index contributed by atoms with van der Waals surface area (Å²) in [6, 6.07) is 8.02. The highest BCUT2D eigenvalue weighted by Gasteiger charge is 2.38. The average molecular weight is 425 g/mol. The number of carbonyl (C=O) groups is 1. The lowest BCUT2D eigenvalue weighted by molar-refractivity contribution is -0.133. The Kier molecular flexibility index (Phi) is 5.75. The Bertz CT molecular complexity index is 886. The van der Waals surface area contributed by atoms with Crippen molar-refractivity contribution in [1.82, 2.24) is 9.88 Å². The molecule has 2 aromatic rings. The average Bonchev–Trinajstić information content (AvgIpc) is 3.23. The second-order valence-electron chi connectivity index (χ2n) is 7.39. The van der Waals surface area contributed by atoms with E-state index < -0.39 is 9.84 Å². The minimum atomic E-state index is -3.01. The number of thioether (sulfide) groups is 1. The molecule has 2 aliphatic rings. The predicted octanol–water partition coefficient (Wildman–Crippen LogP) is 3.74. The number of hydrogen-bond donors (Lipinski definition) is 0. The number of benzene rings is 1. The summed E-state index contributed by atoms with van der Waals surface area (Å²) < 4.78 is 26.0. The van der Waals surface area contributed by atoms with Gasteiger partial charge in [0.2, 0.25) is 5.91 Å². The summed E-state index contributed by atoms with van der Waals surface area (Å²) in [4.78, 5) is 19.6. The largest absolute Gasteiger partial charge is 0.335 e. The number of hydrogen-bond acceptors (Lipinski definition) is 6. The lowest BCUT2D eigenvalue weighted by Gasteiger charge is -2.38. The van der Waals surface area contributed by atoms with Crippen LogP contribution in [0.25, 0.3) is 10.2 Å². The molecule has 1 aliphatic carbocycles. The molecule has 0 radical (unpaired) electrons. The fourth-order valence-electron chi connectivity index (χ4n) is 4.17. The van der Waals surface area contributed by atoms with Crippen molar-refractivity contribution in [2.45, 2.75) is 54.9 Å². The van der Waals surface area contributed by atoms with Gasteiger partial charge in [0.15, 0.2) is 14.2 Å². The standard InChI is InChI=1S/C19H24N2O3S3/c22-18(12-25-19-20-16-8-4-5-9-17(16)26-19)21(14-6-2-1-3-7-14)15-10-11-27(23,24)13-15/h4-5,8-9,14-15H,1-3,6-7,10-13H2. The van der Waals surface area contributed by atoms with Gasteiger partial charge in [0.25, 0.3) is 0 Å². The van der Waals surface area contributed by atoms with Crippen LogP contribution in [0.4, 0.5) is 0 Å². The van der Waals surface area contributed by atoms with Crippen LogP contribution in [0, 0.1) is 0 Å². The van der Waals surface area contributed by atoms with Gasteiger partial charge in [0.1, 0.15) is 0 Å². The smallest absolute Gasteiger partial charge is 0.233 e. The maximum atomic E-state index is 13.1. The van der Waals surface area contributed by atoms with Crippen LogP contribution >= 0.6 is 23.1 Å². The van der Waals surface area contributed by atoms with E-state index in [0.29, 0.717) is 12.2 Å². The van der Waals surface area contributed by atoms with Crippen molar-refractivity contribution in [3.63, 3.8) is 0 Å². The number of carbonyl (C=O) groups excluding carboxylic acids is 1. The molecule has 0 spiro atoms. The number of rotatable bonds is 5. The fourth-order valence-corrected chi connectivity index (χ4v) is 7.82. The molecule has 27 heavy (non-hydrogen) atoms. The van der Waals surface area contributed by atoms with Crippen LogP contribution < -0.4 is 0 Å². The lowest BCUT2D eigenvalue weighted by atomic mass is 9.93. The van der Waals surface area contributed by atoms with Crippen LogP contribution in [0.15, 0.2) is 28.6 Å². The summed E-state index contributed by atoms with van der Waals surface area (Å²) >= 11 is 3.08. The molecule has 1 unspecified atom stereocenters. The molecule has 1 amide bonds. The summed E-state index contributed by atoms with van der Waals surface area (Å²) in [5.74, 6) is 0.723. The van der Waals surface area contributed by atoms with E-state index in [1.54, 1.807) is 11.3 Å². The van der Waals surface area contributed by atoms with E-state index >= 15 is 0 Å². The van der Waals surface area contributed by atoms with E-state index in [4.69, 9.17) is 0 Å². The second-order valence-corrected chi connectivity index (χ2v) is 11.9. The van der Waals surface area contributed by atoms with Gasteiger partial charge in [0, 0.05) is 12.1 Å². The third-order valence-corrected chi connectivity index (χ3v) is 9.37. The Balaban J connectivity index is 1.47. The molecule has 1 aliphatic heterocycles. The molecule has 0 bridgehead atoms. The van der Waals surface area contributed by atoms with Gasteiger partial charge in [0.05, 0.1) is 27.5 Å². The van der Waals surface area contributed by atoms with Gasteiger partial charge >= 0.3 is 0 Å². The molecular weight excluding hydrogens is 400 g/mol. The molecule has 1 atom stereocenters. The van der Waals surface area contributed by atoms with Crippen molar-refractivity contribution in [2.24, 2.45) is 0 Å². The fraction of sp³-hybridized carbons (Fsp3) is 0.579. The van der Waals surface area contributed by atoms with E-state index in [0.717, 1.165) is 40.2 Å².